The van der Waals surface area contributed by atoms with Crippen molar-refractivity contribution in [2.24, 2.45) is 0 Å². The van der Waals surface area contributed by atoms with E-state index in [2.05, 4.69) is 28.4 Å². The molecule has 0 amide bonds. The van der Waals surface area contributed by atoms with Crippen LogP contribution in [0.4, 0.5) is 0 Å². The summed E-state index contributed by atoms with van der Waals surface area (Å²) in [5.74, 6) is 1.66. The van der Waals surface area contributed by atoms with Crippen molar-refractivity contribution >= 4 is 22.9 Å². The number of hydrogen-bond donors (Lipinski definition) is 1. The van der Waals surface area contributed by atoms with Crippen molar-refractivity contribution in [3.63, 3.8) is 0 Å². The highest BCUT2D eigenvalue weighted by Gasteiger charge is 2.26. The van der Waals surface area contributed by atoms with E-state index in [0.29, 0.717) is 6.79 Å². The zero-order valence-electron chi connectivity index (χ0n) is 12.8. The van der Waals surface area contributed by atoms with Crippen LogP contribution in [0.15, 0.2) is 30.3 Å². The molecule has 0 saturated carbocycles. The van der Waals surface area contributed by atoms with Gasteiger partial charge in [0.25, 0.3) is 0 Å². The number of nitrogens with zero attached hydrogens (tertiary/aromatic N) is 1. The average molecular weight is 351 g/mol. The summed E-state index contributed by atoms with van der Waals surface area (Å²) in [5.41, 5.74) is 1.23. The Bertz CT molecular complexity index is 683. The lowest BCUT2D eigenvalue weighted by Crippen LogP contribution is -2.32. The highest BCUT2D eigenvalue weighted by atomic mass is 35.5. The first kappa shape index (κ1) is 15.3. The number of halogens is 1. The number of benzene rings is 1. The molecule has 4 nitrogen and oxygen atoms in total. The summed E-state index contributed by atoms with van der Waals surface area (Å²) in [4.78, 5) is 3.80. The van der Waals surface area contributed by atoms with Gasteiger partial charge >= 0.3 is 0 Å². The predicted octanol–water partition coefficient (Wildman–Crippen LogP) is 3.51. The van der Waals surface area contributed by atoms with Gasteiger partial charge in [0.15, 0.2) is 11.5 Å². The fourth-order valence-electron chi connectivity index (χ4n) is 3.24. The molecule has 1 atom stereocenters. The molecule has 2 aliphatic heterocycles. The Morgan fingerprint density at radius 1 is 1.09 bits per heavy atom. The van der Waals surface area contributed by atoms with Crippen LogP contribution in [0.3, 0.4) is 0 Å². The second kappa shape index (κ2) is 6.69. The molecule has 0 bridgehead atoms. The maximum Gasteiger partial charge on any atom is 0.231 e. The van der Waals surface area contributed by atoms with Gasteiger partial charge in [0.1, 0.15) is 0 Å². The fraction of sp³-hybridized carbons (Fsp3) is 0.412. The zero-order chi connectivity index (χ0) is 15.6. The first-order valence-corrected chi connectivity index (χ1v) is 9.10. The maximum absolute atomic E-state index is 6.20. The van der Waals surface area contributed by atoms with E-state index < -0.39 is 0 Å². The lowest BCUT2D eigenvalue weighted by molar-refractivity contribution is 0.174. The molecule has 1 unspecified atom stereocenters. The largest absolute Gasteiger partial charge is 0.454 e. The predicted molar refractivity (Wildman–Crippen MR) is 92.8 cm³/mol. The molecule has 122 valence electrons. The molecule has 6 heteroatoms. The first-order chi connectivity index (χ1) is 11.3. The topological polar surface area (TPSA) is 33.7 Å². The Morgan fingerprint density at radius 2 is 2.00 bits per heavy atom. The molecule has 0 spiro atoms. The second-order valence-electron chi connectivity index (χ2n) is 5.80. The van der Waals surface area contributed by atoms with E-state index in [9.17, 15) is 0 Å². The lowest BCUT2D eigenvalue weighted by Gasteiger charge is -2.30. The molecule has 4 rings (SSSR count). The third-order valence-corrected chi connectivity index (χ3v) is 5.60. The van der Waals surface area contributed by atoms with Crippen molar-refractivity contribution in [2.75, 3.05) is 33.0 Å². The van der Waals surface area contributed by atoms with Crippen LogP contribution < -0.4 is 14.8 Å². The van der Waals surface area contributed by atoms with Gasteiger partial charge in [-0.2, -0.15) is 0 Å². The van der Waals surface area contributed by atoms with Gasteiger partial charge in [-0.25, -0.2) is 0 Å². The Kier molecular flexibility index (Phi) is 4.44. The molecule has 23 heavy (non-hydrogen) atoms. The standard InChI is InChI=1S/C17H19ClN2O2S/c18-16-5-4-15(23-16)17(20-8-1-6-19-7-9-20)12-2-3-13-14(10-12)22-11-21-13/h2-5,10,17,19H,1,6-9,11H2. The van der Waals surface area contributed by atoms with Crippen LogP contribution in [0.1, 0.15) is 22.9 Å². The molecular formula is C17H19ClN2O2S. The number of thiophene rings is 1. The van der Waals surface area contributed by atoms with Gasteiger partial charge in [0, 0.05) is 24.5 Å². The third-order valence-electron chi connectivity index (χ3n) is 4.32. The summed E-state index contributed by atoms with van der Waals surface area (Å²) in [7, 11) is 0. The Morgan fingerprint density at radius 3 is 2.87 bits per heavy atom. The van der Waals surface area contributed by atoms with Crippen molar-refractivity contribution in [3.05, 3.63) is 45.1 Å². The minimum absolute atomic E-state index is 0.210. The smallest absolute Gasteiger partial charge is 0.231 e. The lowest BCUT2D eigenvalue weighted by atomic mass is 10.0. The average Bonchev–Trinajstić information content (AvgIpc) is 3.10. The summed E-state index contributed by atoms with van der Waals surface area (Å²) in [6.45, 7) is 4.49. The summed E-state index contributed by atoms with van der Waals surface area (Å²) < 4.78 is 11.8. The van der Waals surface area contributed by atoms with Crippen LogP contribution in [0.5, 0.6) is 11.5 Å². The number of ether oxygens (including phenoxy) is 2. The summed E-state index contributed by atoms with van der Waals surface area (Å²) in [5, 5.41) is 3.47. The monoisotopic (exact) mass is 350 g/mol. The number of nitrogens with one attached hydrogen (secondary N) is 1. The minimum Gasteiger partial charge on any atom is -0.454 e. The zero-order valence-corrected chi connectivity index (χ0v) is 14.3. The molecule has 0 radical (unpaired) electrons. The number of hydrogen-bond acceptors (Lipinski definition) is 5. The molecule has 1 saturated heterocycles. The van der Waals surface area contributed by atoms with E-state index in [0.717, 1.165) is 48.4 Å². The molecule has 2 aromatic rings. The van der Waals surface area contributed by atoms with E-state index >= 15 is 0 Å². The van der Waals surface area contributed by atoms with E-state index in [1.54, 1.807) is 11.3 Å². The van der Waals surface area contributed by atoms with Gasteiger partial charge in [-0.05, 0) is 42.8 Å². The van der Waals surface area contributed by atoms with Crippen LogP contribution >= 0.6 is 22.9 Å². The van der Waals surface area contributed by atoms with Crippen LogP contribution in [-0.2, 0) is 0 Å². The molecule has 2 aliphatic rings. The van der Waals surface area contributed by atoms with E-state index in [-0.39, 0.29) is 6.04 Å². The Hall–Kier alpha value is -1.27. The Balaban J connectivity index is 1.72. The van der Waals surface area contributed by atoms with Crippen molar-refractivity contribution in [3.8, 4) is 11.5 Å². The molecule has 3 heterocycles. The van der Waals surface area contributed by atoms with Crippen LogP contribution in [0, 0.1) is 0 Å². The van der Waals surface area contributed by atoms with Crippen LogP contribution in [-0.4, -0.2) is 37.9 Å². The SMILES string of the molecule is Clc1ccc(C(c2ccc3c(c2)OCO3)N2CCCNCC2)s1. The molecule has 1 aromatic heterocycles. The summed E-state index contributed by atoms with van der Waals surface area (Å²) in [6.07, 6.45) is 1.15. The van der Waals surface area contributed by atoms with Gasteiger partial charge in [0.2, 0.25) is 6.79 Å². The number of fused-ring (bicyclic) bond motifs is 1. The van der Waals surface area contributed by atoms with E-state index in [1.165, 1.54) is 10.4 Å². The molecule has 1 fully saturated rings. The quantitative estimate of drug-likeness (QED) is 0.918. The second-order valence-corrected chi connectivity index (χ2v) is 7.54. The van der Waals surface area contributed by atoms with Crippen LogP contribution in [0.25, 0.3) is 0 Å². The minimum atomic E-state index is 0.210. The Labute approximate surface area is 145 Å². The van der Waals surface area contributed by atoms with Crippen LogP contribution in [0.2, 0.25) is 4.34 Å². The van der Waals surface area contributed by atoms with E-state index in [4.69, 9.17) is 21.1 Å². The molecular weight excluding hydrogens is 332 g/mol. The first-order valence-electron chi connectivity index (χ1n) is 7.91. The maximum atomic E-state index is 6.20. The van der Waals surface area contributed by atoms with Gasteiger partial charge < -0.3 is 14.8 Å². The van der Waals surface area contributed by atoms with Gasteiger partial charge in [-0.1, -0.05) is 17.7 Å². The fourth-order valence-corrected chi connectivity index (χ4v) is 4.46. The molecule has 1 N–H and O–H groups in total. The number of rotatable bonds is 3. The van der Waals surface area contributed by atoms with Crippen molar-refractivity contribution in [1.29, 1.82) is 0 Å². The van der Waals surface area contributed by atoms with Gasteiger partial charge in [-0.15, -0.1) is 11.3 Å². The molecule has 0 aliphatic carbocycles. The third kappa shape index (κ3) is 3.19. The van der Waals surface area contributed by atoms with Gasteiger partial charge in [-0.3, -0.25) is 4.90 Å². The normalized spacial score (nSPS) is 19.5. The summed E-state index contributed by atoms with van der Waals surface area (Å²) in [6, 6.07) is 10.6. The molecule has 1 aromatic carbocycles. The highest BCUT2D eigenvalue weighted by Crippen LogP contribution is 2.40. The van der Waals surface area contributed by atoms with Gasteiger partial charge in [0.05, 0.1) is 10.4 Å². The van der Waals surface area contributed by atoms with Crippen molar-refractivity contribution in [1.82, 2.24) is 10.2 Å². The van der Waals surface area contributed by atoms with E-state index in [1.807, 2.05) is 12.1 Å². The highest BCUT2D eigenvalue weighted by molar-refractivity contribution is 7.16. The van der Waals surface area contributed by atoms with Crippen molar-refractivity contribution < 1.29 is 9.47 Å². The summed E-state index contributed by atoms with van der Waals surface area (Å²) >= 11 is 7.86. The van der Waals surface area contributed by atoms with Crippen molar-refractivity contribution in [2.45, 2.75) is 12.5 Å².